The van der Waals surface area contributed by atoms with Gasteiger partial charge >= 0.3 is 7.12 Å². The zero-order chi connectivity index (χ0) is 9.35. The molecule has 0 unspecified atom stereocenters. The maximum atomic E-state index is 8.70. The molecule has 0 amide bonds. The predicted molar refractivity (Wildman–Crippen MR) is 45.0 cm³/mol. The molecule has 5 heteroatoms. The third-order valence-electron chi connectivity index (χ3n) is 1.51. The molecule has 0 aromatic carbocycles. The lowest BCUT2D eigenvalue weighted by Gasteiger charge is -2.12. The molecule has 4 nitrogen and oxygen atoms in total. The lowest BCUT2D eigenvalue weighted by Crippen LogP contribution is -2.31. The Labute approximate surface area is 71.4 Å². The van der Waals surface area contributed by atoms with E-state index in [1.54, 1.807) is 0 Å². The summed E-state index contributed by atoms with van der Waals surface area (Å²) >= 11 is 0. The van der Waals surface area contributed by atoms with Gasteiger partial charge in [-0.05, 0) is 0 Å². The first-order chi connectivity index (χ1) is 5.41. The third-order valence-corrected chi connectivity index (χ3v) is 1.51. The first kappa shape index (κ1) is 9.28. The third kappa shape index (κ3) is 1.87. The molecule has 0 spiro atoms. The van der Waals surface area contributed by atoms with Gasteiger partial charge in [-0.3, -0.25) is 0 Å². The van der Waals surface area contributed by atoms with Crippen LogP contribution in [0.2, 0.25) is 0 Å². The molecular weight excluding hydrogens is 157 g/mol. The number of hydrogen-bond acceptors (Lipinski definition) is 4. The van der Waals surface area contributed by atoms with E-state index in [0.717, 1.165) is 0 Å². The Hall–Kier alpha value is -0.805. The minimum Gasteiger partial charge on any atom is -0.452 e. The molecule has 2 N–H and O–H groups in total. The molecule has 0 atom stereocenters. The molecule has 0 aliphatic heterocycles. The van der Waals surface area contributed by atoms with Crippen LogP contribution < -0.4 is 5.79 Å². The van der Waals surface area contributed by atoms with Gasteiger partial charge < -0.3 is 14.5 Å². The van der Waals surface area contributed by atoms with Crippen molar-refractivity contribution in [2.75, 3.05) is 0 Å². The van der Waals surface area contributed by atoms with Gasteiger partial charge in [0.15, 0.2) is 0 Å². The van der Waals surface area contributed by atoms with E-state index >= 15 is 0 Å². The summed E-state index contributed by atoms with van der Waals surface area (Å²) in [5, 5.41) is 17.4. The van der Waals surface area contributed by atoms with Crippen molar-refractivity contribution in [3.05, 3.63) is 12.0 Å². The fourth-order valence-electron chi connectivity index (χ4n) is 0.751. The van der Waals surface area contributed by atoms with Gasteiger partial charge in [0.25, 0.3) is 0 Å². The molecule has 12 heavy (non-hydrogen) atoms. The number of nitrogens with zero attached hydrogens (tertiary/aromatic N) is 1. The van der Waals surface area contributed by atoms with Crippen LogP contribution in [0.4, 0.5) is 0 Å². The van der Waals surface area contributed by atoms with Gasteiger partial charge in [-0.25, -0.2) is 4.98 Å². The topological polar surface area (TPSA) is 66.5 Å². The Morgan fingerprint density at radius 1 is 1.42 bits per heavy atom. The molecule has 1 aromatic heterocycles. The lowest BCUT2D eigenvalue weighted by molar-refractivity contribution is 0.406. The summed E-state index contributed by atoms with van der Waals surface area (Å²) in [5.41, 5.74) is 0.585. The molecule has 0 fully saturated rings. The number of aromatic nitrogens is 1. The highest BCUT2D eigenvalue weighted by Crippen LogP contribution is 2.18. The smallest absolute Gasteiger partial charge is 0.452 e. The van der Waals surface area contributed by atoms with E-state index in [9.17, 15) is 0 Å². The first-order valence-corrected chi connectivity index (χ1v) is 3.73. The highest BCUT2D eigenvalue weighted by atomic mass is 16.4. The minimum atomic E-state index is -1.62. The molecule has 1 aromatic rings. The SMILES string of the molecule is CC(C)(C)c1coc(B(O)O)n1. The number of oxazole rings is 1. The summed E-state index contributed by atoms with van der Waals surface area (Å²) in [6, 6.07) is 0. The van der Waals surface area contributed by atoms with Gasteiger partial charge in [-0.15, -0.1) is 0 Å². The van der Waals surface area contributed by atoms with E-state index in [2.05, 4.69) is 4.98 Å². The van der Waals surface area contributed by atoms with Crippen molar-refractivity contribution in [3.8, 4) is 0 Å². The summed E-state index contributed by atoms with van der Waals surface area (Å²) < 4.78 is 4.84. The van der Waals surface area contributed by atoms with Crippen molar-refractivity contribution >= 4 is 12.9 Å². The second-order valence-corrected chi connectivity index (χ2v) is 3.69. The minimum absolute atomic E-state index is 0.0556. The van der Waals surface area contributed by atoms with Crippen LogP contribution in [0.3, 0.4) is 0 Å². The summed E-state index contributed by atoms with van der Waals surface area (Å²) in [6.07, 6.45) is 1.44. The fourth-order valence-corrected chi connectivity index (χ4v) is 0.751. The van der Waals surface area contributed by atoms with E-state index in [4.69, 9.17) is 14.5 Å². The van der Waals surface area contributed by atoms with Gasteiger partial charge in [-0.1, -0.05) is 20.8 Å². The van der Waals surface area contributed by atoms with E-state index in [1.165, 1.54) is 6.26 Å². The Balaban J connectivity index is 2.92. The van der Waals surface area contributed by atoms with E-state index in [0.29, 0.717) is 5.69 Å². The molecule has 0 bridgehead atoms. The Morgan fingerprint density at radius 2 is 2.00 bits per heavy atom. The molecule has 0 aliphatic carbocycles. The standard InChI is InChI=1S/C7H12BNO3/c1-7(2,3)5-4-12-6(9-5)8(10)11/h4,10-11H,1-3H3. The molecule has 0 saturated heterocycles. The van der Waals surface area contributed by atoms with Crippen molar-refractivity contribution in [2.45, 2.75) is 26.2 Å². The van der Waals surface area contributed by atoms with E-state index < -0.39 is 7.12 Å². The van der Waals surface area contributed by atoms with Gasteiger partial charge in [0.05, 0.1) is 5.69 Å². The van der Waals surface area contributed by atoms with Crippen molar-refractivity contribution in [3.63, 3.8) is 0 Å². The van der Waals surface area contributed by atoms with Crippen LogP contribution in [0.15, 0.2) is 10.7 Å². The average Bonchev–Trinajstić information content (AvgIpc) is 2.30. The number of hydrogen-bond donors (Lipinski definition) is 2. The number of rotatable bonds is 1. The molecule has 0 saturated carbocycles. The van der Waals surface area contributed by atoms with Crippen molar-refractivity contribution < 1.29 is 14.5 Å². The van der Waals surface area contributed by atoms with Crippen molar-refractivity contribution in [2.24, 2.45) is 0 Å². The molecule has 66 valence electrons. The monoisotopic (exact) mass is 169 g/mol. The van der Waals surface area contributed by atoms with Crippen LogP contribution >= 0.6 is 0 Å². The lowest BCUT2D eigenvalue weighted by atomic mass is 9.91. The van der Waals surface area contributed by atoms with Crippen LogP contribution in [0.1, 0.15) is 26.5 Å². The van der Waals surface area contributed by atoms with Gasteiger partial charge in [0, 0.05) is 5.41 Å². The van der Waals surface area contributed by atoms with Crippen LogP contribution in [-0.2, 0) is 5.41 Å². The molecule has 0 radical (unpaired) electrons. The van der Waals surface area contributed by atoms with Crippen molar-refractivity contribution in [1.29, 1.82) is 0 Å². The van der Waals surface area contributed by atoms with E-state index in [1.807, 2.05) is 20.8 Å². The Bertz CT molecular complexity index is 264. The molecule has 1 heterocycles. The van der Waals surface area contributed by atoms with Gasteiger partial charge in [0.2, 0.25) is 5.79 Å². The van der Waals surface area contributed by atoms with Gasteiger partial charge in [0.1, 0.15) is 6.26 Å². The molecule has 0 aliphatic rings. The zero-order valence-electron chi connectivity index (χ0n) is 7.40. The summed E-state index contributed by atoms with van der Waals surface area (Å²) in [4.78, 5) is 3.91. The molecule has 1 rings (SSSR count). The summed E-state index contributed by atoms with van der Waals surface area (Å²) in [7, 11) is -1.62. The van der Waals surface area contributed by atoms with E-state index in [-0.39, 0.29) is 11.2 Å². The van der Waals surface area contributed by atoms with Crippen molar-refractivity contribution in [1.82, 2.24) is 4.98 Å². The maximum Gasteiger partial charge on any atom is 0.548 e. The van der Waals surface area contributed by atoms with Crippen LogP contribution in [0.25, 0.3) is 0 Å². The maximum absolute atomic E-state index is 8.70. The quantitative estimate of drug-likeness (QED) is 0.564. The normalized spacial score (nSPS) is 11.8. The summed E-state index contributed by atoms with van der Waals surface area (Å²) in [6.45, 7) is 5.91. The molecular formula is C7H12BNO3. The Kier molecular flexibility index (Phi) is 2.26. The zero-order valence-corrected chi connectivity index (χ0v) is 7.40. The van der Waals surface area contributed by atoms with Crippen LogP contribution in [-0.4, -0.2) is 22.2 Å². The fraction of sp³-hybridized carbons (Fsp3) is 0.571. The second-order valence-electron chi connectivity index (χ2n) is 3.69. The Morgan fingerprint density at radius 3 is 2.25 bits per heavy atom. The van der Waals surface area contributed by atoms with Gasteiger partial charge in [-0.2, -0.15) is 0 Å². The predicted octanol–water partition coefficient (Wildman–Crippen LogP) is -0.348. The van der Waals surface area contributed by atoms with Crippen LogP contribution in [0.5, 0.6) is 0 Å². The second kappa shape index (κ2) is 2.92. The largest absolute Gasteiger partial charge is 0.548 e. The van der Waals surface area contributed by atoms with Crippen LogP contribution in [0, 0.1) is 0 Å². The summed E-state index contributed by atoms with van der Waals surface area (Å²) in [5.74, 6) is -0.0556. The first-order valence-electron chi connectivity index (χ1n) is 3.73. The average molecular weight is 169 g/mol. The highest BCUT2D eigenvalue weighted by Gasteiger charge is 2.23. The highest BCUT2D eigenvalue weighted by molar-refractivity contribution is 6.55.